The summed E-state index contributed by atoms with van der Waals surface area (Å²) in [5.74, 6) is -3.59. The summed E-state index contributed by atoms with van der Waals surface area (Å²) in [4.78, 5) is 20.3. The molecule has 1 aromatic heterocycles. The number of nitrogens with zero attached hydrogens (tertiary/aromatic N) is 4. The van der Waals surface area contributed by atoms with E-state index in [2.05, 4.69) is 20.6 Å². The van der Waals surface area contributed by atoms with E-state index in [0.717, 1.165) is 0 Å². The van der Waals surface area contributed by atoms with Gasteiger partial charge in [0.25, 0.3) is 0 Å². The number of rotatable bonds is 2. The van der Waals surface area contributed by atoms with Crippen LogP contribution in [0.3, 0.4) is 0 Å². The maximum Gasteiger partial charge on any atom is 1.00 e. The van der Waals surface area contributed by atoms with Crippen molar-refractivity contribution in [2.75, 3.05) is 0 Å². The van der Waals surface area contributed by atoms with Crippen LogP contribution < -0.4 is 69.3 Å². The third-order valence-corrected chi connectivity index (χ3v) is 0.940. The van der Waals surface area contributed by atoms with Crippen LogP contribution in [0.5, 0.6) is 0 Å². The van der Waals surface area contributed by atoms with Crippen LogP contribution in [0.25, 0.3) is 0 Å². The molecule has 0 saturated heterocycles. The van der Waals surface area contributed by atoms with Gasteiger partial charge in [-0.1, -0.05) is 0 Å². The Labute approximate surface area is 122 Å². The van der Waals surface area contributed by atoms with Gasteiger partial charge in [0, 0.05) is 0 Å². The molecule has 1 aromatic rings. The Balaban J connectivity index is 0. The monoisotopic (exact) mass is 214 g/mol. The van der Waals surface area contributed by atoms with E-state index in [-0.39, 0.29) is 59.1 Å². The van der Waals surface area contributed by atoms with Crippen molar-refractivity contribution in [1.82, 2.24) is 20.6 Å². The standard InChI is InChI=1S/C4H2N4O4.2Na/c9-3(10)1-2(4(11)12)6-8-7-5-1;;/h(H,9,10)(H,11,12);;/q;2*+1/p-2. The first-order chi connectivity index (χ1) is 5.63. The molecule has 0 atom stereocenters. The van der Waals surface area contributed by atoms with Crippen LogP contribution in [0.15, 0.2) is 0 Å². The second-order valence-electron chi connectivity index (χ2n) is 1.65. The molecule has 62 valence electrons. The Morgan fingerprint density at radius 1 is 0.857 bits per heavy atom. The molecule has 0 N–H and O–H groups in total. The predicted octanol–water partition coefficient (Wildman–Crippen LogP) is -10.00. The summed E-state index contributed by atoms with van der Waals surface area (Å²) in [6.07, 6.45) is 0. The van der Waals surface area contributed by atoms with Gasteiger partial charge in [0.1, 0.15) is 11.4 Å². The zero-order valence-electron chi connectivity index (χ0n) is 7.42. The van der Waals surface area contributed by atoms with E-state index in [1.165, 1.54) is 0 Å². The van der Waals surface area contributed by atoms with Crippen molar-refractivity contribution >= 4 is 11.9 Å². The van der Waals surface area contributed by atoms with Crippen molar-refractivity contribution < 1.29 is 78.9 Å². The molecule has 0 aliphatic carbocycles. The van der Waals surface area contributed by atoms with Gasteiger partial charge in [-0.05, 0) is 10.4 Å². The number of hydrogen-bond acceptors (Lipinski definition) is 8. The zero-order valence-corrected chi connectivity index (χ0v) is 11.4. The van der Waals surface area contributed by atoms with Gasteiger partial charge in [0.15, 0.2) is 0 Å². The summed E-state index contributed by atoms with van der Waals surface area (Å²) < 4.78 is 0. The molecule has 0 amide bonds. The molecule has 10 heteroatoms. The van der Waals surface area contributed by atoms with Gasteiger partial charge in [-0.15, -0.1) is 10.2 Å². The van der Waals surface area contributed by atoms with Crippen LogP contribution in [0.4, 0.5) is 0 Å². The van der Waals surface area contributed by atoms with Crippen molar-refractivity contribution in [2.24, 2.45) is 0 Å². The topological polar surface area (TPSA) is 132 Å². The third kappa shape index (κ3) is 3.95. The molecule has 0 aliphatic heterocycles. The summed E-state index contributed by atoms with van der Waals surface area (Å²) in [6.45, 7) is 0. The molecule has 1 rings (SSSR count). The average molecular weight is 214 g/mol. The number of carbonyl (C=O) groups is 2. The first-order valence-electron chi connectivity index (χ1n) is 2.61. The van der Waals surface area contributed by atoms with Crippen molar-refractivity contribution in [3.63, 3.8) is 0 Å². The fraction of sp³-hybridized carbons (Fsp3) is 0. The van der Waals surface area contributed by atoms with Crippen LogP contribution in [-0.2, 0) is 0 Å². The number of carbonyl (C=O) groups excluding carboxylic acids is 2. The SMILES string of the molecule is O=C([O-])c1nnnnc1C(=O)[O-].[Na+].[Na+]. The molecule has 0 bridgehead atoms. The normalized spacial score (nSPS) is 8.00. The first kappa shape index (κ1) is 16.3. The molecule has 0 saturated carbocycles. The van der Waals surface area contributed by atoms with E-state index in [1.54, 1.807) is 0 Å². The van der Waals surface area contributed by atoms with E-state index in [0.29, 0.717) is 0 Å². The Morgan fingerprint density at radius 3 is 1.36 bits per heavy atom. The Hall–Kier alpha value is -0.120. The van der Waals surface area contributed by atoms with Crippen LogP contribution in [0, 0.1) is 0 Å². The van der Waals surface area contributed by atoms with E-state index < -0.39 is 23.3 Å². The Bertz CT molecular complexity index is 313. The molecule has 8 nitrogen and oxygen atoms in total. The molecule has 1 heterocycles. The Morgan fingerprint density at radius 2 is 1.14 bits per heavy atom. The third-order valence-electron chi connectivity index (χ3n) is 0.940. The second-order valence-corrected chi connectivity index (χ2v) is 1.65. The van der Waals surface area contributed by atoms with Gasteiger partial charge < -0.3 is 19.8 Å². The second kappa shape index (κ2) is 7.21. The number of aromatic nitrogens is 4. The molecular formula is C4N4Na2O4. The fourth-order valence-corrected chi connectivity index (χ4v) is 0.499. The first-order valence-corrected chi connectivity index (χ1v) is 2.61. The molecule has 0 radical (unpaired) electrons. The summed E-state index contributed by atoms with van der Waals surface area (Å²) in [5, 5.41) is 31.7. The number of aromatic carboxylic acids is 2. The maximum atomic E-state index is 10.2. The van der Waals surface area contributed by atoms with Crippen molar-refractivity contribution in [3.8, 4) is 0 Å². The van der Waals surface area contributed by atoms with Gasteiger partial charge in [-0.25, -0.2) is 0 Å². The van der Waals surface area contributed by atoms with Crippen molar-refractivity contribution in [2.45, 2.75) is 0 Å². The van der Waals surface area contributed by atoms with Crippen LogP contribution in [0.1, 0.15) is 21.0 Å². The summed E-state index contributed by atoms with van der Waals surface area (Å²) in [5.41, 5.74) is -1.80. The van der Waals surface area contributed by atoms with Gasteiger partial charge in [0.05, 0.1) is 11.9 Å². The fourth-order valence-electron chi connectivity index (χ4n) is 0.499. The van der Waals surface area contributed by atoms with Crippen molar-refractivity contribution in [1.29, 1.82) is 0 Å². The number of carboxylic acids is 2. The van der Waals surface area contributed by atoms with E-state index in [1.807, 2.05) is 0 Å². The minimum Gasteiger partial charge on any atom is -0.543 e. The minimum atomic E-state index is -1.79. The zero-order chi connectivity index (χ0) is 9.14. The van der Waals surface area contributed by atoms with Gasteiger partial charge in [0.2, 0.25) is 0 Å². The van der Waals surface area contributed by atoms with Crippen LogP contribution in [0.2, 0.25) is 0 Å². The molecule has 0 spiro atoms. The van der Waals surface area contributed by atoms with E-state index in [9.17, 15) is 19.8 Å². The summed E-state index contributed by atoms with van der Waals surface area (Å²) in [7, 11) is 0. The molecular weight excluding hydrogens is 214 g/mol. The quantitative estimate of drug-likeness (QED) is 0.443. The molecule has 0 aromatic carbocycles. The number of carboxylic acid groups (broad SMARTS) is 2. The molecule has 14 heavy (non-hydrogen) atoms. The van der Waals surface area contributed by atoms with E-state index in [4.69, 9.17) is 0 Å². The molecule has 0 aliphatic rings. The summed E-state index contributed by atoms with van der Waals surface area (Å²) >= 11 is 0. The Kier molecular flexibility index (Phi) is 8.40. The molecule has 0 fully saturated rings. The predicted molar refractivity (Wildman–Crippen MR) is 26.3 cm³/mol. The maximum absolute atomic E-state index is 10.2. The van der Waals surface area contributed by atoms with Crippen molar-refractivity contribution in [3.05, 3.63) is 11.4 Å². The smallest absolute Gasteiger partial charge is 0.543 e. The van der Waals surface area contributed by atoms with Gasteiger partial charge in [-0.2, -0.15) is 0 Å². The minimum absolute atomic E-state index is 0. The summed E-state index contributed by atoms with van der Waals surface area (Å²) in [6, 6.07) is 0. The van der Waals surface area contributed by atoms with Gasteiger partial charge >= 0.3 is 59.1 Å². The molecule has 0 unspecified atom stereocenters. The van der Waals surface area contributed by atoms with E-state index >= 15 is 0 Å². The van der Waals surface area contributed by atoms with Crippen LogP contribution >= 0.6 is 0 Å². The average Bonchev–Trinajstić information content (AvgIpc) is 2.04. The van der Waals surface area contributed by atoms with Gasteiger partial charge in [-0.3, -0.25) is 0 Å². The largest absolute Gasteiger partial charge is 1.00 e. The number of hydrogen-bond donors (Lipinski definition) is 0. The van der Waals surface area contributed by atoms with Crippen LogP contribution in [-0.4, -0.2) is 32.6 Å².